The van der Waals surface area contributed by atoms with E-state index in [0.29, 0.717) is 12.8 Å². The average molecular weight is 567 g/mol. The van der Waals surface area contributed by atoms with Crippen molar-refractivity contribution in [1.82, 2.24) is 0 Å². The average Bonchev–Trinajstić information content (AvgIpc) is 2.93. The number of aliphatic carboxylic acids is 1. The molecule has 4 nitrogen and oxygen atoms in total. The Hall–Kier alpha value is -1.06. The van der Waals surface area contributed by atoms with Crippen molar-refractivity contribution in [3.05, 3.63) is 0 Å². The largest absolute Gasteiger partial charge is 0.481 e. The number of hydrogen-bond donors (Lipinski definition) is 1. The smallest absolute Gasteiger partial charge is 0.306 e. The molecule has 4 heteroatoms. The minimum absolute atomic E-state index is 0.0393. The molecule has 0 aliphatic carbocycles. The molecule has 0 rings (SSSR count). The molecule has 0 aromatic rings. The van der Waals surface area contributed by atoms with Gasteiger partial charge in [0.05, 0.1) is 0 Å². The summed E-state index contributed by atoms with van der Waals surface area (Å²) in [4.78, 5) is 23.1. The predicted molar refractivity (Wildman–Crippen MR) is 172 cm³/mol. The Kier molecular flexibility index (Phi) is 31.6. The van der Waals surface area contributed by atoms with Crippen molar-refractivity contribution in [2.45, 2.75) is 219 Å². The molecule has 238 valence electrons. The fraction of sp³-hybridized carbons (Fsp3) is 0.944. The van der Waals surface area contributed by atoms with Crippen LogP contribution in [0.3, 0.4) is 0 Å². The first-order valence-electron chi connectivity index (χ1n) is 18.0. The summed E-state index contributed by atoms with van der Waals surface area (Å²) in [5.41, 5.74) is 0. The molecule has 0 aliphatic heterocycles. The van der Waals surface area contributed by atoms with Crippen molar-refractivity contribution in [1.29, 1.82) is 0 Å². The van der Waals surface area contributed by atoms with Gasteiger partial charge in [0.15, 0.2) is 0 Å². The molecule has 0 aliphatic rings. The summed E-state index contributed by atoms with van der Waals surface area (Å²) in [5, 5.41) is 8.68. The molecule has 1 unspecified atom stereocenters. The van der Waals surface area contributed by atoms with Crippen LogP contribution in [0.15, 0.2) is 0 Å². The molecule has 0 bridgehead atoms. The molecule has 0 heterocycles. The minimum atomic E-state index is -0.670. The summed E-state index contributed by atoms with van der Waals surface area (Å²) in [7, 11) is 0. The van der Waals surface area contributed by atoms with Crippen molar-refractivity contribution in [3.63, 3.8) is 0 Å². The molecule has 0 saturated carbocycles. The third kappa shape index (κ3) is 31.5. The van der Waals surface area contributed by atoms with Gasteiger partial charge in [-0.15, -0.1) is 0 Å². The molecular weight excluding hydrogens is 496 g/mol. The van der Waals surface area contributed by atoms with Crippen LogP contribution in [0.1, 0.15) is 213 Å². The van der Waals surface area contributed by atoms with Gasteiger partial charge in [-0.05, 0) is 38.5 Å². The van der Waals surface area contributed by atoms with Gasteiger partial charge >= 0.3 is 11.9 Å². The third-order valence-electron chi connectivity index (χ3n) is 8.33. The van der Waals surface area contributed by atoms with Crippen molar-refractivity contribution < 1.29 is 19.4 Å². The molecule has 1 N–H and O–H groups in total. The Labute approximate surface area is 250 Å². The number of rotatable bonds is 33. The van der Waals surface area contributed by atoms with Crippen LogP contribution in [0, 0.1) is 0 Å². The van der Waals surface area contributed by atoms with E-state index in [0.717, 1.165) is 38.5 Å². The van der Waals surface area contributed by atoms with E-state index in [-0.39, 0.29) is 12.1 Å². The molecule has 0 amide bonds. The number of carbonyl (C=O) groups excluding carboxylic acids is 1. The summed E-state index contributed by atoms with van der Waals surface area (Å²) in [5.74, 6) is -0.631. The Morgan fingerprint density at radius 3 is 1.10 bits per heavy atom. The second kappa shape index (κ2) is 32.5. The summed E-state index contributed by atoms with van der Waals surface area (Å²) in [6.45, 7) is 4.53. The van der Waals surface area contributed by atoms with Crippen LogP contribution in [0.4, 0.5) is 0 Å². The normalized spacial score (nSPS) is 12.1. The number of hydrogen-bond acceptors (Lipinski definition) is 3. The van der Waals surface area contributed by atoms with E-state index in [1.165, 1.54) is 148 Å². The zero-order chi connectivity index (χ0) is 29.4. The van der Waals surface area contributed by atoms with Crippen LogP contribution in [0.2, 0.25) is 0 Å². The van der Waals surface area contributed by atoms with Crippen LogP contribution in [0.25, 0.3) is 0 Å². The number of ether oxygens (including phenoxy) is 1. The van der Waals surface area contributed by atoms with Crippen LogP contribution in [-0.2, 0) is 14.3 Å². The maximum Gasteiger partial charge on any atom is 0.306 e. The van der Waals surface area contributed by atoms with Gasteiger partial charge in [-0.1, -0.05) is 162 Å². The molecule has 0 spiro atoms. The van der Waals surface area contributed by atoms with Crippen molar-refractivity contribution in [3.8, 4) is 0 Å². The highest BCUT2D eigenvalue weighted by Crippen LogP contribution is 2.19. The second-order valence-corrected chi connectivity index (χ2v) is 12.4. The first kappa shape index (κ1) is 38.9. The fourth-order valence-corrected chi connectivity index (χ4v) is 5.66. The molecule has 0 radical (unpaired) electrons. The van der Waals surface area contributed by atoms with Gasteiger partial charge in [0, 0.05) is 12.8 Å². The number of carboxylic acid groups (broad SMARTS) is 1. The van der Waals surface area contributed by atoms with Crippen LogP contribution >= 0.6 is 0 Å². The van der Waals surface area contributed by atoms with Crippen molar-refractivity contribution in [2.75, 3.05) is 0 Å². The van der Waals surface area contributed by atoms with Crippen LogP contribution in [0.5, 0.6) is 0 Å². The van der Waals surface area contributed by atoms with Crippen LogP contribution < -0.4 is 0 Å². The molecule has 1 atom stereocenters. The van der Waals surface area contributed by atoms with E-state index in [4.69, 9.17) is 9.84 Å². The summed E-state index contributed by atoms with van der Waals surface area (Å²) in [6.07, 6.45) is 37.0. The molecular formula is C36H70O4. The van der Waals surface area contributed by atoms with E-state index in [9.17, 15) is 9.59 Å². The maximum atomic E-state index is 12.5. The lowest BCUT2D eigenvalue weighted by atomic mass is 10.0. The van der Waals surface area contributed by atoms with Gasteiger partial charge in [0.1, 0.15) is 6.10 Å². The van der Waals surface area contributed by atoms with Crippen molar-refractivity contribution >= 4 is 11.9 Å². The Morgan fingerprint density at radius 2 is 0.750 bits per heavy atom. The second-order valence-electron chi connectivity index (χ2n) is 12.4. The number of carbonyl (C=O) groups is 2. The molecule has 40 heavy (non-hydrogen) atoms. The quantitative estimate of drug-likeness (QED) is 0.0633. The van der Waals surface area contributed by atoms with E-state index in [2.05, 4.69) is 13.8 Å². The lowest BCUT2D eigenvalue weighted by Crippen LogP contribution is -2.18. The molecule has 0 saturated heterocycles. The lowest BCUT2D eigenvalue weighted by Gasteiger charge is -2.18. The zero-order valence-corrected chi connectivity index (χ0v) is 27.2. The summed E-state index contributed by atoms with van der Waals surface area (Å²) in [6, 6.07) is 0. The van der Waals surface area contributed by atoms with Gasteiger partial charge in [-0.3, -0.25) is 9.59 Å². The highest BCUT2D eigenvalue weighted by Gasteiger charge is 2.14. The Morgan fingerprint density at radius 1 is 0.450 bits per heavy atom. The maximum absolute atomic E-state index is 12.5. The monoisotopic (exact) mass is 567 g/mol. The fourth-order valence-electron chi connectivity index (χ4n) is 5.66. The highest BCUT2D eigenvalue weighted by atomic mass is 16.5. The van der Waals surface area contributed by atoms with Gasteiger partial charge < -0.3 is 9.84 Å². The Balaban J connectivity index is 3.87. The van der Waals surface area contributed by atoms with E-state index >= 15 is 0 Å². The van der Waals surface area contributed by atoms with Crippen LogP contribution in [-0.4, -0.2) is 23.1 Å². The minimum Gasteiger partial charge on any atom is -0.481 e. The first-order valence-corrected chi connectivity index (χ1v) is 18.0. The molecule has 0 fully saturated rings. The SMILES string of the molecule is CCCCCCCCCCCCCC(=O)OC(CCCCCCC)CCCCCCCCCCCCCC(=O)O. The highest BCUT2D eigenvalue weighted by molar-refractivity contribution is 5.69. The molecule has 0 aromatic carbocycles. The topological polar surface area (TPSA) is 63.6 Å². The number of carboxylic acids is 1. The lowest BCUT2D eigenvalue weighted by molar-refractivity contribution is -0.150. The Bertz CT molecular complexity index is 533. The third-order valence-corrected chi connectivity index (χ3v) is 8.33. The summed E-state index contributed by atoms with van der Waals surface area (Å²) < 4.78 is 5.99. The summed E-state index contributed by atoms with van der Waals surface area (Å²) >= 11 is 0. The van der Waals surface area contributed by atoms with Gasteiger partial charge in [-0.2, -0.15) is 0 Å². The van der Waals surface area contributed by atoms with Gasteiger partial charge in [-0.25, -0.2) is 0 Å². The molecule has 0 aromatic heterocycles. The first-order chi connectivity index (χ1) is 19.6. The number of esters is 1. The van der Waals surface area contributed by atoms with E-state index < -0.39 is 5.97 Å². The van der Waals surface area contributed by atoms with E-state index in [1.54, 1.807) is 0 Å². The van der Waals surface area contributed by atoms with E-state index in [1.807, 2.05) is 0 Å². The zero-order valence-electron chi connectivity index (χ0n) is 27.2. The standard InChI is InChI=1S/C36H70O4/c1-3-5-7-9-10-11-13-18-21-25-29-33-36(39)40-34(30-26-22-8-6-4-2)31-27-23-19-16-14-12-15-17-20-24-28-32-35(37)38/h34H,3-33H2,1-2H3,(H,37,38). The number of unbranched alkanes of at least 4 members (excludes halogenated alkanes) is 24. The van der Waals surface area contributed by atoms with Crippen molar-refractivity contribution in [2.24, 2.45) is 0 Å². The van der Waals surface area contributed by atoms with Gasteiger partial charge in [0.2, 0.25) is 0 Å². The van der Waals surface area contributed by atoms with Gasteiger partial charge in [0.25, 0.3) is 0 Å². The predicted octanol–water partition coefficient (Wildman–Crippen LogP) is 12.1.